The molecule has 2 saturated heterocycles. The molecule has 1 N–H and O–H groups in total. The molecule has 1 aliphatic carbocycles. The summed E-state index contributed by atoms with van der Waals surface area (Å²) in [4.78, 5) is 42.7. The summed E-state index contributed by atoms with van der Waals surface area (Å²) in [5.74, 6) is -0.209. The van der Waals surface area contributed by atoms with Gasteiger partial charge in [-0.15, -0.1) is 0 Å². The summed E-state index contributed by atoms with van der Waals surface area (Å²) in [5.41, 5.74) is 0.433. The van der Waals surface area contributed by atoms with Crippen LogP contribution in [0.5, 0.6) is 0 Å². The number of hydrogen-bond donors (Lipinski definition) is 1. The van der Waals surface area contributed by atoms with Gasteiger partial charge in [0.15, 0.2) is 0 Å². The maximum absolute atomic E-state index is 12.7. The van der Waals surface area contributed by atoms with E-state index < -0.39 is 11.6 Å². The van der Waals surface area contributed by atoms with E-state index in [4.69, 9.17) is 0 Å². The van der Waals surface area contributed by atoms with Crippen molar-refractivity contribution in [3.05, 3.63) is 35.9 Å². The number of amides is 4. The van der Waals surface area contributed by atoms with Crippen LogP contribution in [-0.4, -0.2) is 70.8 Å². The Hall–Kier alpha value is -2.41. The van der Waals surface area contributed by atoms with Crippen LogP contribution in [-0.2, 0) is 16.1 Å². The quantitative estimate of drug-likeness (QED) is 0.787. The Morgan fingerprint density at radius 1 is 1.11 bits per heavy atom. The first-order chi connectivity index (χ1) is 13.0. The molecule has 0 radical (unpaired) electrons. The molecule has 2 heterocycles. The summed E-state index contributed by atoms with van der Waals surface area (Å²) in [6, 6.07) is 9.83. The van der Waals surface area contributed by atoms with E-state index in [-0.39, 0.29) is 24.3 Å². The van der Waals surface area contributed by atoms with Gasteiger partial charge in [0.05, 0.1) is 0 Å². The van der Waals surface area contributed by atoms with Gasteiger partial charge in [-0.05, 0) is 31.2 Å². The average molecular weight is 370 g/mol. The maximum Gasteiger partial charge on any atom is 0.325 e. The third-order valence-electron chi connectivity index (χ3n) is 5.96. The van der Waals surface area contributed by atoms with Crippen molar-refractivity contribution in [3.8, 4) is 0 Å². The van der Waals surface area contributed by atoms with E-state index in [1.807, 2.05) is 18.2 Å². The molecule has 1 atom stereocenters. The SMILES string of the molecule is CC1(C2CC2)NC(=O)N(CC(=O)N2CCN(Cc3ccccc3)CC2)C1=O. The first-order valence-electron chi connectivity index (χ1n) is 9.65. The van der Waals surface area contributed by atoms with Gasteiger partial charge in [0.1, 0.15) is 12.1 Å². The fourth-order valence-corrected chi connectivity index (χ4v) is 4.03. The van der Waals surface area contributed by atoms with E-state index in [0.29, 0.717) is 13.1 Å². The van der Waals surface area contributed by atoms with Crippen LogP contribution < -0.4 is 5.32 Å². The van der Waals surface area contributed by atoms with Gasteiger partial charge in [-0.2, -0.15) is 0 Å². The van der Waals surface area contributed by atoms with Crippen molar-refractivity contribution in [2.75, 3.05) is 32.7 Å². The number of benzene rings is 1. The van der Waals surface area contributed by atoms with Crippen molar-refractivity contribution in [2.45, 2.75) is 31.8 Å². The molecule has 3 fully saturated rings. The molecule has 3 aliphatic rings. The molecule has 0 aromatic heterocycles. The second-order valence-corrected chi connectivity index (χ2v) is 7.94. The Bertz CT molecular complexity index is 741. The topological polar surface area (TPSA) is 73.0 Å². The standard InChI is InChI=1S/C20H26N4O3/c1-20(16-7-8-16)18(26)24(19(27)21-20)14-17(25)23-11-9-22(10-12-23)13-15-5-3-2-4-6-15/h2-6,16H,7-14H2,1H3,(H,21,27). The molecule has 1 aromatic rings. The summed E-state index contributed by atoms with van der Waals surface area (Å²) in [5, 5.41) is 2.79. The lowest BCUT2D eigenvalue weighted by atomic mass is 9.96. The third-order valence-corrected chi connectivity index (χ3v) is 5.96. The van der Waals surface area contributed by atoms with Crippen LogP contribution in [0.15, 0.2) is 30.3 Å². The van der Waals surface area contributed by atoms with Gasteiger partial charge in [-0.1, -0.05) is 30.3 Å². The minimum atomic E-state index is -0.828. The number of hydrogen-bond acceptors (Lipinski definition) is 4. The van der Waals surface area contributed by atoms with E-state index in [2.05, 4.69) is 22.3 Å². The second kappa shape index (κ2) is 6.96. The van der Waals surface area contributed by atoms with E-state index in [0.717, 1.165) is 37.4 Å². The first-order valence-corrected chi connectivity index (χ1v) is 9.65. The fraction of sp³-hybridized carbons (Fsp3) is 0.550. The molecule has 0 spiro atoms. The lowest BCUT2D eigenvalue weighted by molar-refractivity contribution is -0.140. The highest BCUT2D eigenvalue weighted by atomic mass is 16.2. The molecule has 1 saturated carbocycles. The van der Waals surface area contributed by atoms with E-state index in [9.17, 15) is 14.4 Å². The third kappa shape index (κ3) is 3.56. The largest absolute Gasteiger partial charge is 0.339 e. The van der Waals surface area contributed by atoms with Gasteiger partial charge < -0.3 is 10.2 Å². The Morgan fingerprint density at radius 2 is 1.78 bits per heavy atom. The van der Waals surface area contributed by atoms with E-state index >= 15 is 0 Å². The van der Waals surface area contributed by atoms with Crippen LogP contribution in [0.25, 0.3) is 0 Å². The first kappa shape index (κ1) is 18.0. The lowest BCUT2D eigenvalue weighted by Gasteiger charge is -2.35. The van der Waals surface area contributed by atoms with Gasteiger partial charge in [0, 0.05) is 32.7 Å². The highest BCUT2D eigenvalue weighted by Gasteiger charge is 2.56. The predicted molar refractivity (Wildman–Crippen MR) is 99.7 cm³/mol. The van der Waals surface area contributed by atoms with Gasteiger partial charge in [0.25, 0.3) is 5.91 Å². The molecular formula is C20H26N4O3. The molecule has 4 amide bonds. The number of nitrogens with zero attached hydrogens (tertiary/aromatic N) is 3. The number of urea groups is 1. The van der Waals surface area contributed by atoms with E-state index in [1.165, 1.54) is 5.56 Å². The Kier molecular flexibility index (Phi) is 4.63. The van der Waals surface area contributed by atoms with Gasteiger partial charge in [-0.3, -0.25) is 19.4 Å². The van der Waals surface area contributed by atoms with E-state index in [1.54, 1.807) is 11.8 Å². The number of piperazine rings is 1. The van der Waals surface area contributed by atoms with Crippen LogP contribution in [0.4, 0.5) is 4.79 Å². The van der Waals surface area contributed by atoms with Crippen molar-refractivity contribution in [2.24, 2.45) is 5.92 Å². The molecule has 1 unspecified atom stereocenters. The summed E-state index contributed by atoms with van der Waals surface area (Å²) >= 11 is 0. The molecule has 4 rings (SSSR count). The van der Waals surface area contributed by atoms with Crippen LogP contribution in [0.1, 0.15) is 25.3 Å². The van der Waals surface area contributed by atoms with Crippen LogP contribution >= 0.6 is 0 Å². The van der Waals surface area contributed by atoms with Crippen LogP contribution in [0.3, 0.4) is 0 Å². The molecule has 144 valence electrons. The summed E-state index contributed by atoms with van der Waals surface area (Å²) in [7, 11) is 0. The minimum Gasteiger partial charge on any atom is -0.339 e. The number of rotatable bonds is 5. The molecular weight excluding hydrogens is 344 g/mol. The van der Waals surface area contributed by atoms with Crippen molar-refractivity contribution in [3.63, 3.8) is 0 Å². The smallest absolute Gasteiger partial charge is 0.325 e. The van der Waals surface area contributed by atoms with Crippen molar-refractivity contribution in [1.82, 2.24) is 20.0 Å². The highest BCUT2D eigenvalue weighted by molar-refractivity contribution is 6.09. The Labute approximate surface area is 159 Å². The summed E-state index contributed by atoms with van der Waals surface area (Å²) < 4.78 is 0. The second-order valence-electron chi connectivity index (χ2n) is 7.94. The predicted octanol–water partition coefficient (Wildman–Crippen LogP) is 1.05. The summed E-state index contributed by atoms with van der Waals surface area (Å²) in [6.07, 6.45) is 1.90. The minimum absolute atomic E-state index is 0.155. The number of carbonyl (C=O) groups excluding carboxylic acids is 3. The van der Waals surface area contributed by atoms with Crippen LogP contribution in [0, 0.1) is 5.92 Å². The fourth-order valence-electron chi connectivity index (χ4n) is 4.03. The molecule has 2 aliphatic heterocycles. The van der Waals surface area contributed by atoms with Crippen molar-refractivity contribution >= 4 is 17.8 Å². The van der Waals surface area contributed by atoms with Crippen LogP contribution in [0.2, 0.25) is 0 Å². The number of nitrogens with one attached hydrogen (secondary N) is 1. The molecule has 1 aromatic carbocycles. The van der Waals surface area contributed by atoms with Crippen molar-refractivity contribution in [1.29, 1.82) is 0 Å². The Morgan fingerprint density at radius 3 is 2.41 bits per heavy atom. The zero-order chi connectivity index (χ0) is 19.0. The van der Waals surface area contributed by atoms with Gasteiger partial charge >= 0.3 is 6.03 Å². The molecule has 7 nitrogen and oxygen atoms in total. The Balaban J connectivity index is 1.30. The highest BCUT2D eigenvalue weighted by Crippen LogP contribution is 2.42. The number of carbonyl (C=O) groups is 3. The molecule has 27 heavy (non-hydrogen) atoms. The zero-order valence-electron chi connectivity index (χ0n) is 15.7. The maximum atomic E-state index is 12.7. The molecule has 0 bridgehead atoms. The monoisotopic (exact) mass is 370 g/mol. The van der Waals surface area contributed by atoms with Gasteiger partial charge in [0.2, 0.25) is 5.91 Å². The zero-order valence-corrected chi connectivity index (χ0v) is 15.7. The average Bonchev–Trinajstić information content (AvgIpc) is 3.49. The number of imide groups is 1. The van der Waals surface area contributed by atoms with Gasteiger partial charge in [-0.25, -0.2) is 4.79 Å². The summed E-state index contributed by atoms with van der Waals surface area (Å²) in [6.45, 7) is 5.31. The lowest BCUT2D eigenvalue weighted by Crippen LogP contribution is -2.52. The normalized spacial score (nSPS) is 26.4. The van der Waals surface area contributed by atoms with Crippen molar-refractivity contribution < 1.29 is 14.4 Å². The molecule has 7 heteroatoms.